The second kappa shape index (κ2) is 6.51. The number of hydrogen-bond acceptors (Lipinski definition) is 4. The Morgan fingerprint density at radius 3 is 2.59 bits per heavy atom. The number of methoxy groups -OCH3 is 1. The maximum atomic E-state index is 11.5. The number of ketones is 1. The Balaban J connectivity index is 3.07. The smallest absolute Gasteiger partial charge is 0.308 e. The van der Waals surface area contributed by atoms with E-state index in [2.05, 4.69) is 15.9 Å². The molecule has 0 aliphatic heterocycles. The lowest BCUT2D eigenvalue weighted by molar-refractivity contribution is -0.131. The van der Waals surface area contributed by atoms with Crippen LogP contribution in [0.1, 0.15) is 22.8 Å². The van der Waals surface area contributed by atoms with Crippen LogP contribution < -0.4 is 4.74 Å². The maximum Gasteiger partial charge on any atom is 0.308 e. The van der Waals surface area contributed by atoms with Gasteiger partial charge in [-0.25, -0.2) is 0 Å². The van der Waals surface area contributed by atoms with Gasteiger partial charge in [0.1, 0.15) is 5.75 Å². The van der Waals surface area contributed by atoms with E-state index < -0.39 is 5.97 Å². The standard InChI is InChI=1S/C12H13BrO4/c1-8(14)17-12-4-3-9(11(15)6-13)5-10(12)7-16-2/h3-5H,6-7H2,1-2H3. The fourth-order valence-electron chi connectivity index (χ4n) is 1.35. The van der Waals surface area contributed by atoms with E-state index in [-0.39, 0.29) is 17.7 Å². The Bertz CT molecular complexity index is 429. The van der Waals surface area contributed by atoms with E-state index in [0.717, 1.165) is 0 Å². The number of esters is 1. The van der Waals surface area contributed by atoms with Crippen LogP contribution in [-0.4, -0.2) is 24.2 Å². The number of carbonyl (C=O) groups excluding carboxylic acids is 2. The van der Waals surface area contributed by atoms with Crippen molar-refractivity contribution in [3.63, 3.8) is 0 Å². The van der Waals surface area contributed by atoms with Gasteiger partial charge in [0.15, 0.2) is 5.78 Å². The molecule has 0 spiro atoms. The number of benzene rings is 1. The van der Waals surface area contributed by atoms with Crippen molar-refractivity contribution < 1.29 is 19.1 Å². The SMILES string of the molecule is COCc1cc(C(=O)CBr)ccc1OC(C)=O. The molecule has 0 atom stereocenters. The van der Waals surface area contributed by atoms with Gasteiger partial charge < -0.3 is 9.47 Å². The van der Waals surface area contributed by atoms with Gasteiger partial charge in [-0.15, -0.1) is 0 Å². The highest BCUT2D eigenvalue weighted by Crippen LogP contribution is 2.22. The van der Waals surface area contributed by atoms with Crippen molar-refractivity contribution in [3.8, 4) is 5.75 Å². The third kappa shape index (κ3) is 3.94. The molecule has 17 heavy (non-hydrogen) atoms. The van der Waals surface area contributed by atoms with Crippen LogP contribution in [0.4, 0.5) is 0 Å². The minimum atomic E-state index is -0.401. The van der Waals surface area contributed by atoms with Crippen molar-refractivity contribution in [2.75, 3.05) is 12.4 Å². The molecular weight excluding hydrogens is 288 g/mol. The van der Waals surface area contributed by atoms with Gasteiger partial charge in [0, 0.05) is 25.2 Å². The highest BCUT2D eigenvalue weighted by atomic mass is 79.9. The highest BCUT2D eigenvalue weighted by Gasteiger charge is 2.11. The zero-order chi connectivity index (χ0) is 12.8. The van der Waals surface area contributed by atoms with Crippen molar-refractivity contribution >= 4 is 27.7 Å². The second-order valence-corrected chi connectivity index (χ2v) is 3.97. The molecule has 0 heterocycles. The first-order chi connectivity index (χ1) is 8.08. The minimum absolute atomic E-state index is 0.0308. The summed E-state index contributed by atoms with van der Waals surface area (Å²) in [4.78, 5) is 22.4. The van der Waals surface area contributed by atoms with E-state index in [1.807, 2.05) is 0 Å². The van der Waals surface area contributed by atoms with Crippen LogP contribution in [0.3, 0.4) is 0 Å². The molecular formula is C12H13BrO4. The molecule has 1 aromatic carbocycles. The van der Waals surface area contributed by atoms with Gasteiger partial charge in [-0.2, -0.15) is 0 Å². The zero-order valence-corrected chi connectivity index (χ0v) is 11.2. The molecule has 1 aromatic rings. The molecule has 0 saturated heterocycles. The van der Waals surface area contributed by atoms with Crippen LogP contribution in [0.5, 0.6) is 5.75 Å². The third-order valence-corrected chi connectivity index (χ3v) is 2.57. The largest absolute Gasteiger partial charge is 0.426 e. The van der Waals surface area contributed by atoms with E-state index >= 15 is 0 Å². The quantitative estimate of drug-likeness (QED) is 0.362. The summed E-state index contributed by atoms with van der Waals surface area (Å²) in [5.41, 5.74) is 1.24. The normalized spacial score (nSPS) is 10.1. The molecule has 4 nitrogen and oxygen atoms in total. The summed E-state index contributed by atoms with van der Waals surface area (Å²) in [5, 5.41) is 0.256. The van der Waals surface area contributed by atoms with E-state index in [1.54, 1.807) is 18.2 Å². The molecule has 0 fully saturated rings. The summed E-state index contributed by atoms with van der Waals surface area (Å²) in [6.07, 6.45) is 0. The molecule has 0 amide bonds. The average molecular weight is 301 g/mol. The number of rotatable bonds is 5. The summed E-state index contributed by atoms with van der Waals surface area (Å²) in [5.74, 6) is -0.0101. The number of ether oxygens (including phenoxy) is 2. The molecule has 0 unspecified atom stereocenters. The van der Waals surface area contributed by atoms with E-state index in [4.69, 9.17) is 9.47 Å². The van der Waals surface area contributed by atoms with Crippen LogP contribution in [-0.2, 0) is 16.1 Å². The first-order valence-corrected chi connectivity index (χ1v) is 6.10. The molecule has 0 aromatic heterocycles. The first-order valence-electron chi connectivity index (χ1n) is 4.98. The Morgan fingerprint density at radius 2 is 2.06 bits per heavy atom. The van der Waals surface area contributed by atoms with E-state index in [0.29, 0.717) is 16.9 Å². The fourth-order valence-corrected chi connectivity index (χ4v) is 1.68. The lowest BCUT2D eigenvalue weighted by atomic mass is 10.1. The number of Topliss-reactive ketones (excluding diaryl/α,β-unsaturated/α-hetero) is 1. The molecule has 92 valence electrons. The summed E-state index contributed by atoms with van der Waals surface area (Å²) in [6, 6.07) is 4.90. The lowest BCUT2D eigenvalue weighted by Crippen LogP contribution is -2.07. The number of alkyl halides is 1. The van der Waals surface area contributed by atoms with Crippen molar-refractivity contribution in [2.24, 2.45) is 0 Å². The summed E-state index contributed by atoms with van der Waals surface area (Å²) in [6.45, 7) is 1.61. The van der Waals surface area contributed by atoms with Gasteiger partial charge in [0.2, 0.25) is 0 Å². The summed E-state index contributed by atoms with van der Waals surface area (Å²) < 4.78 is 10.0. The Morgan fingerprint density at radius 1 is 1.35 bits per heavy atom. The topological polar surface area (TPSA) is 52.6 Å². The van der Waals surface area contributed by atoms with Crippen molar-refractivity contribution in [1.82, 2.24) is 0 Å². The minimum Gasteiger partial charge on any atom is -0.426 e. The van der Waals surface area contributed by atoms with Crippen molar-refractivity contribution in [3.05, 3.63) is 29.3 Å². The van der Waals surface area contributed by atoms with Gasteiger partial charge in [-0.05, 0) is 18.2 Å². The molecule has 0 aliphatic rings. The van der Waals surface area contributed by atoms with Gasteiger partial charge >= 0.3 is 5.97 Å². The summed E-state index contributed by atoms with van der Waals surface area (Å²) in [7, 11) is 1.54. The Hall–Kier alpha value is -1.20. The predicted octanol–water partition coefficient (Wildman–Crippen LogP) is 2.34. The van der Waals surface area contributed by atoms with Gasteiger partial charge in [0.05, 0.1) is 11.9 Å². The predicted molar refractivity (Wildman–Crippen MR) is 66.6 cm³/mol. The fraction of sp³-hybridized carbons (Fsp3) is 0.333. The van der Waals surface area contributed by atoms with Crippen LogP contribution in [0.2, 0.25) is 0 Å². The Kier molecular flexibility index (Phi) is 5.31. The number of carbonyl (C=O) groups is 2. The van der Waals surface area contributed by atoms with Crippen molar-refractivity contribution in [2.45, 2.75) is 13.5 Å². The molecule has 0 radical (unpaired) electrons. The Labute approximate surface area is 108 Å². The molecule has 0 bridgehead atoms. The number of halogens is 1. The monoisotopic (exact) mass is 300 g/mol. The van der Waals surface area contributed by atoms with E-state index in [9.17, 15) is 9.59 Å². The second-order valence-electron chi connectivity index (χ2n) is 3.41. The average Bonchev–Trinajstić information content (AvgIpc) is 2.30. The van der Waals surface area contributed by atoms with Crippen LogP contribution in [0.15, 0.2) is 18.2 Å². The van der Waals surface area contributed by atoms with Crippen LogP contribution >= 0.6 is 15.9 Å². The van der Waals surface area contributed by atoms with Gasteiger partial charge in [0.25, 0.3) is 0 Å². The molecule has 1 rings (SSSR count). The molecule has 0 N–H and O–H groups in total. The van der Waals surface area contributed by atoms with Crippen molar-refractivity contribution in [1.29, 1.82) is 0 Å². The summed E-state index contributed by atoms with van der Waals surface area (Å²) >= 11 is 3.11. The molecule has 5 heteroatoms. The molecule has 0 saturated carbocycles. The van der Waals surface area contributed by atoms with Gasteiger partial charge in [-0.3, -0.25) is 9.59 Å². The zero-order valence-electron chi connectivity index (χ0n) is 9.66. The van der Waals surface area contributed by atoms with Crippen LogP contribution in [0.25, 0.3) is 0 Å². The lowest BCUT2D eigenvalue weighted by Gasteiger charge is -2.09. The molecule has 0 aliphatic carbocycles. The highest BCUT2D eigenvalue weighted by molar-refractivity contribution is 9.09. The third-order valence-electron chi connectivity index (χ3n) is 2.06. The van der Waals surface area contributed by atoms with E-state index in [1.165, 1.54) is 14.0 Å². The maximum absolute atomic E-state index is 11.5. The van der Waals surface area contributed by atoms with Gasteiger partial charge in [-0.1, -0.05) is 15.9 Å². The van der Waals surface area contributed by atoms with Crippen LogP contribution in [0, 0.1) is 0 Å². The first kappa shape index (κ1) is 13.9. The number of hydrogen-bond donors (Lipinski definition) is 0.